The first-order valence-corrected chi connectivity index (χ1v) is 3.90. The van der Waals surface area contributed by atoms with Gasteiger partial charge in [0.05, 0.1) is 5.69 Å². The SMILES string of the molecule is CCc1nc(CC)c(S)o1. The van der Waals surface area contributed by atoms with Gasteiger partial charge in [0, 0.05) is 6.42 Å². The fourth-order valence-corrected chi connectivity index (χ4v) is 1.09. The maximum absolute atomic E-state index is 5.21. The summed E-state index contributed by atoms with van der Waals surface area (Å²) in [6.07, 6.45) is 1.73. The van der Waals surface area contributed by atoms with E-state index in [1.54, 1.807) is 0 Å². The Balaban J connectivity index is 2.92. The molecule has 1 aromatic rings. The average molecular weight is 157 g/mol. The molecular weight excluding hydrogens is 146 g/mol. The van der Waals surface area contributed by atoms with Gasteiger partial charge in [0.2, 0.25) is 0 Å². The minimum Gasteiger partial charge on any atom is -0.434 e. The van der Waals surface area contributed by atoms with E-state index in [1.807, 2.05) is 13.8 Å². The summed E-state index contributed by atoms with van der Waals surface area (Å²) >= 11 is 4.12. The molecule has 0 aliphatic carbocycles. The zero-order valence-corrected chi connectivity index (χ0v) is 7.11. The zero-order chi connectivity index (χ0) is 7.56. The van der Waals surface area contributed by atoms with Gasteiger partial charge in [0.25, 0.3) is 0 Å². The summed E-state index contributed by atoms with van der Waals surface area (Å²) in [5, 5.41) is 0.666. The van der Waals surface area contributed by atoms with Crippen molar-refractivity contribution in [2.24, 2.45) is 0 Å². The molecule has 0 saturated heterocycles. The molecule has 1 heterocycles. The predicted molar refractivity (Wildman–Crippen MR) is 42.5 cm³/mol. The van der Waals surface area contributed by atoms with Crippen LogP contribution in [0.3, 0.4) is 0 Å². The molecule has 0 aliphatic rings. The molecule has 0 spiro atoms. The minimum absolute atomic E-state index is 0.666. The molecule has 10 heavy (non-hydrogen) atoms. The van der Waals surface area contributed by atoms with Gasteiger partial charge in [0.1, 0.15) is 0 Å². The molecule has 0 N–H and O–H groups in total. The van der Waals surface area contributed by atoms with Gasteiger partial charge in [-0.1, -0.05) is 13.8 Å². The lowest BCUT2D eigenvalue weighted by Gasteiger charge is -1.82. The van der Waals surface area contributed by atoms with Crippen molar-refractivity contribution >= 4 is 12.6 Å². The largest absolute Gasteiger partial charge is 0.434 e. The quantitative estimate of drug-likeness (QED) is 0.665. The van der Waals surface area contributed by atoms with Crippen molar-refractivity contribution in [3.05, 3.63) is 11.6 Å². The van der Waals surface area contributed by atoms with Gasteiger partial charge in [-0.2, -0.15) is 0 Å². The van der Waals surface area contributed by atoms with Crippen molar-refractivity contribution in [1.29, 1.82) is 0 Å². The summed E-state index contributed by atoms with van der Waals surface area (Å²) in [7, 11) is 0. The van der Waals surface area contributed by atoms with E-state index in [9.17, 15) is 0 Å². The van der Waals surface area contributed by atoms with Gasteiger partial charge < -0.3 is 4.42 Å². The van der Waals surface area contributed by atoms with Crippen LogP contribution in [0, 0.1) is 0 Å². The van der Waals surface area contributed by atoms with Crippen LogP contribution in [0.1, 0.15) is 25.4 Å². The molecule has 0 aromatic carbocycles. The highest BCUT2D eigenvalue weighted by Gasteiger charge is 2.05. The third-order valence-corrected chi connectivity index (χ3v) is 1.71. The summed E-state index contributed by atoms with van der Waals surface area (Å²) in [5.74, 6) is 0.779. The topological polar surface area (TPSA) is 26.0 Å². The third-order valence-electron chi connectivity index (χ3n) is 1.36. The van der Waals surface area contributed by atoms with Crippen molar-refractivity contribution in [3.63, 3.8) is 0 Å². The Kier molecular flexibility index (Phi) is 2.38. The van der Waals surface area contributed by atoms with Crippen molar-refractivity contribution in [3.8, 4) is 0 Å². The number of aromatic nitrogens is 1. The molecule has 0 fully saturated rings. The van der Waals surface area contributed by atoms with Crippen LogP contribution in [0.2, 0.25) is 0 Å². The highest BCUT2D eigenvalue weighted by Crippen LogP contribution is 2.15. The van der Waals surface area contributed by atoms with Gasteiger partial charge in [0.15, 0.2) is 11.0 Å². The minimum atomic E-state index is 0.666. The molecule has 0 saturated carbocycles. The van der Waals surface area contributed by atoms with E-state index in [1.165, 1.54) is 0 Å². The van der Waals surface area contributed by atoms with E-state index in [2.05, 4.69) is 17.6 Å². The highest BCUT2D eigenvalue weighted by molar-refractivity contribution is 7.80. The Bertz CT molecular complexity index is 219. The second-order valence-electron chi connectivity index (χ2n) is 2.07. The summed E-state index contributed by atoms with van der Waals surface area (Å²) in [6, 6.07) is 0. The summed E-state index contributed by atoms with van der Waals surface area (Å²) < 4.78 is 5.21. The van der Waals surface area contributed by atoms with Crippen molar-refractivity contribution < 1.29 is 4.42 Å². The Morgan fingerprint density at radius 3 is 2.40 bits per heavy atom. The third kappa shape index (κ3) is 1.34. The first-order chi connectivity index (χ1) is 4.77. The predicted octanol–water partition coefficient (Wildman–Crippen LogP) is 2.09. The number of rotatable bonds is 2. The first kappa shape index (κ1) is 7.66. The van der Waals surface area contributed by atoms with E-state index in [0.29, 0.717) is 5.09 Å². The van der Waals surface area contributed by atoms with Crippen molar-refractivity contribution in [2.45, 2.75) is 31.8 Å². The smallest absolute Gasteiger partial charge is 0.195 e. The maximum atomic E-state index is 5.21. The Labute approximate surface area is 66.1 Å². The van der Waals surface area contributed by atoms with Crippen LogP contribution >= 0.6 is 12.6 Å². The van der Waals surface area contributed by atoms with Crippen LogP contribution in [-0.4, -0.2) is 4.98 Å². The number of aryl methyl sites for hydroxylation is 2. The lowest BCUT2D eigenvalue weighted by molar-refractivity contribution is 0.426. The molecule has 56 valence electrons. The van der Waals surface area contributed by atoms with E-state index in [4.69, 9.17) is 4.42 Å². The van der Waals surface area contributed by atoms with Crippen LogP contribution in [0.4, 0.5) is 0 Å². The Morgan fingerprint density at radius 2 is 2.10 bits per heavy atom. The summed E-state index contributed by atoms with van der Waals surface area (Å²) in [5.41, 5.74) is 0.959. The van der Waals surface area contributed by atoms with E-state index >= 15 is 0 Å². The first-order valence-electron chi connectivity index (χ1n) is 3.45. The van der Waals surface area contributed by atoms with Gasteiger partial charge in [-0.15, -0.1) is 12.6 Å². The van der Waals surface area contributed by atoms with Crippen LogP contribution in [-0.2, 0) is 12.8 Å². The molecule has 1 rings (SSSR count). The van der Waals surface area contributed by atoms with E-state index in [-0.39, 0.29) is 0 Å². The lowest BCUT2D eigenvalue weighted by atomic mass is 10.4. The maximum Gasteiger partial charge on any atom is 0.195 e. The summed E-state index contributed by atoms with van der Waals surface area (Å²) in [4.78, 5) is 4.20. The fourth-order valence-electron chi connectivity index (χ4n) is 0.773. The molecular formula is C7H11NOS. The number of oxazole rings is 1. The second kappa shape index (κ2) is 3.10. The van der Waals surface area contributed by atoms with Gasteiger partial charge in [-0.25, -0.2) is 4.98 Å². The summed E-state index contributed by atoms with van der Waals surface area (Å²) in [6.45, 7) is 4.05. The number of thiol groups is 1. The number of hydrogen-bond donors (Lipinski definition) is 1. The lowest BCUT2D eigenvalue weighted by Crippen LogP contribution is -1.82. The monoisotopic (exact) mass is 157 g/mol. The molecule has 0 unspecified atom stereocenters. The normalized spacial score (nSPS) is 10.3. The molecule has 0 bridgehead atoms. The molecule has 0 aliphatic heterocycles. The van der Waals surface area contributed by atoms with Crippen molar-refractivity contribution in [2.75, 3.05) is 0 Å². The fraction of sp³-hybridized carbons (Fsp3) is 0.571. The molecule has 0 amide bonds. The van der Waals surface area contributed by atoms with Crippen LogP contribution < -0.4 is 0 Å². The Morgan fingerprint density at radius 1 is 1.40 bits per heavy atom. The van der Waals surface area contributed by atoms with E-state index in [0.717, 1.165) is 24.4 Å². The Hall–Kier alpha value is -0.440. The van der Waals surface area contributed by atoms with Crippen LogP contribution in [0.5, 0.6) is 0 Å². The number of nitrogens with zero attached hydrogens (tertiary/aromatic N) is 1. The number of hydrogen-bond acceptors (Lipinski definition) is 3. The van der Waals surface area contributed by atoms with Gasteiger partial charge >= 0.3 is 0 Å². The van der Waals surface area contributed by atoms with Crippen molar-refractivity contribution in [1.82, 2.24) is 4.98 Å². The van der Waals surface area contributed by atoms with Crippen LogP contribution in [0.25, 0.3) is 0 Å². The molecule has 3 heteroatoms. The van der Waals surface area contributed by atoms with E-state index < -0.39 is 0 Å². The van der Waals surface area contributed by atoms with Crippen LogP contribution in [0.15, 0.2) is 9.51 Å². The molecule has 1 aromatic heterocycles. The highest BCUT2D eigenvalue weighted by atomic mass is 32.1. The van der Waals surface area contributed by atoms with Gasteiger partial charge in [-0.05, 0) is 6.42 Å². The second-order valence-corrected chi connectivity index (χ2v) is 2.47. The van der Waals surface area contributed by atoms with Gasteiger partial charge in [-0.3, -0.25) is 0 Å². The molecule has 0 radical (unpaired) electrons. The molecule has 0 atom stereocenters. The molecule has 2 nitrogen and oxygen atoms in total. The zero-order valence-electron chi connectivity index (χ0n) is 6.22. The standard InChI is InChI=1S/C7H11NOS/c1-3-5-7(10)9-6(4-2)8-5/h10H,3-4H2,1-2H3. The average Bonchev–Trinajstić information content (AvgIpc) is 2.30.